The second-order valence-corrected chi connectivity index (χ2v) is 6.62. The highest BCUT2D eigenvalue weighted by Gasteiger charge is 2.32. The Labute approximate surface area is 175 Å². The third-order valence-electron chi connectivity index (χ3n) is 4.50. The molecular weight excluding hydrogens is 392 g/mol. The molecule has 0 spiro atoms. The standard InChI is InChI=1S/C19H18B2F2N4O3/c1-10(28)17-25-8-12(9-26-17)19(20,21)14-4-3-13(29-2)16(27-14)11-5-6-24-15(7-11)30-18(22)23/h3-10,14,18,27-28H,1-2H3. The van der Waals surface area contributed by atoms with Crippen LogP contribution in [0.2, 0.25) is 0 Å². The van der Waals surface area contributed by atoms with Gasteiger partial charge in [0.15, 0.2) is 5.82 Å². The summed E-state index contributed by atoms with van der Waals surface area (Å²) >= 11 is 0. The predicted molar refractivity (Wildman–Crippen MR) is 107 cm³/mol. The van der Waals surface area contributed by atoms with Gasteiger partial charge in [0, 0.05) is 36.3 Å². The van der Waals surface area contributed by atoms with Gasteiger partial charge >= 0.3 is 6.61 Å². The van der Waals surface area contributed by atoms with E-state index in [1.165, 1.54) is 31.8 Å². The van der Waals surface area contributed by atoms with Crippen molar-refractivity contribution in [2.24, 2.45) is 0 Å². The van der Waals surface area contributed by atoms with Crippen molar-refractivity contribution in [1.29, 1.82) is 0 Å². The molecule has 4 radical (unpaired) electrons. The summed E-state index contributed by atoms with van der Waals surface area (Å²) in [6.45, 7) is -1.45. The largest absolute Gasteiger partial charge is 0.495 e. The first-order valence-corrected chi connectivity index (χ1v) is 8.95. The van der Waals surface area contributed by atoms with Crippen LogP contribution in [0.4, 0.5) is 8.78 Å². The summed E-state index contributed by atoms with van der Waals surface area (Å²) in [4.78, 5) is 11.9. The van der Waals surface area contributed by atoms with Gasteiger partial charge in [-0.05, 0) is 29.8 Å². The first-order chi connectivity index (χ1) is 14.2. The van der Waals surface area contributed by atoms with Crippen molar-refractivity contribution in [1.82, 2.24) is 20.3 Å². The summed E-state index contributed by atoms with van der Waals surface area (Å²) in [6, 6.07) is 2.32. The van der Waals surface area contributed by atoms with E-state index in [1.807, 2.05) is 0 Å². The van der Waals surface area contributed by atoms with E-state index in [0.29, 0.717) is 22.6 Å². The highest BCUT2D eigenvalue weighted by Crippen LogP contribution is 2.30. The highest BCUT2D eigenvalue weighted by atomic mass is 19.3. The lowest BCUT2D eigenvalue weighted by Gasteiger charge is -2.37. The van der Waals surface area contributed by atoms with Crippen LogP contribution < -0.4 is 10.1 Å². The number of rotatable bonds is 7. The van der Waals surface area contributed by atoms with Crippen molar-refractivity contribution < 1.29 is 23.4 Å². The van der Waals surface area contributed by atoms with E-state index >= 15 is 0 Å². The molecule has 0 aliphatic carbocycles. The molecule has 2 aromatic heterocycles. The third kappa shape index (κ3) is 4.62. The maximum atomic E-state index is 12.5. The number of aliphatic hydroxyl groups excluding tert-OH is 1. The first kappa shape index (κ1) is 21.8. The van der Waals surface area contributed by atoms with Crippen molar-refractivity contribution >= 4 is 21.4 Å². The van der Waals surface area contributed by atoms with Gasteiger partial charge in [0.1, 0.15) is 11.9 Å². The normalized spacial score (nSPS) is 17.6. The van der Waals surface area contributed by atoms with E-state index in [-0.39, 0.29) is 11.7 Å². The molecule has 11 heteroatoms. The maximum absolute atomic E-state index is 12.5. The summed E-state index contributed by atoms with van der Waals surface area (Å²) in [6.07, 6.45) is 6.78. The molecule has 1 aliphatic heterocycles. The minimum atomic E-state index is -3.00. The molecule has 2 N–H and O–H groups in total. The number of ether oxygens (including phenoxy) is 2. The van der Waals surface area contributed by atoms with Crippen molar-refractivity contribution in [3.05, 3.63) is 65.6 Å². The van der Waals surface area contributed by atoms with Gasteiger partial charge < -0.3 is 19.9 Å². The number of aliphatic hydroxyl groups is 1. The number of alkyl halides is 2. The Morgan fingerprint density at radius 1 is 1.23 bits per heavy atom. The highest BCUT2D eigenvalue weighted by molar-refractivity contribution is 6.41. The molecule has 0 fully saturated rings. The minimum Gasteiger partial charge on any atom is -0.495 e. The van der Waals surface area contributed by atoms with Gasteiger partial charge in [-0.3, -0.25) is 0 Å². The number of allylic oxidation sites excluding steroid dienone is 1. The van der Waals surface area contributed by atoms with Crippen LogP contribution in [0, 0.1) is 0 Å². The average Bonchev–Trinajstić information content (AvgIpc) is 2.73. The molecule has 2 aromatic rings. The zero-order chi connectivity index (χ0) is 21.9. The Hall–Kier alpha value is -2.94. The predicted octanol–water partition coefficient (Wildman–Crippen LogP) is 1.56. The number of halogens is 2. The summed E-state index contributed by atoms with van der Waals surface area (Å²) in [7, 11) is 14.2. The van der Waals surface area contributed by atoms with E-state index in [1.54, 1.807) is 25.1 Å². The van der Waals surface area contributed by atoms with Crippen LogP contribution in [0.1, 0.15) is 30.0 Å². The zero-order valence-corrected chi connectivity index (χ0v) is 16.3. The van der Waals surface area contributed by atoms with Gasteiger partial charge in [0.25, 0.3) is 0 Å². The molecule has 0 saturated heterocycles. The molecule has 0 saturated carbocycles. The van der Waals surface area contributed by atoms with Gasteiger partial charge in [-0.15, -0.1) is 0 Å². The average molecular weight is 410 g/mol. The fourth-order valence-corrected chi connectivity index (χ4v) is 2.89. The van der Waals surface area contributed by atoms with Crippen LogP contribution in [-0.2, 0) is 9.95 Å². The lowest BCUT2D eigenvalue weighted by Crippen LogP contribution is -2.49. The Kier molecular flexibility index (Phi) is 6.40. The van der Waals surface area contributed by atoms with E-state index in [4.69, 9.17) is 20.4 Å². The van der Waals surface area contributed by atoms with Crippen LogP contribution in [0.25, 0.3) is 5.70 Å². The SMILES string of the molecule is [B]C([B])(c1cnc(C(C)O)nc1)C1C=CC(OC)=C(c2ccnc(OC(F)F)c2)N1. The molecule has 2 atom stereocenters. The molecule has 0 aromatic carbocycles. The first-order valence-electron chi connectivity index (χ1n) is 8.95. The number of dihydropyridines is 1. The maximum Gasteiger partial charge on any atom is 0.388 e. The number of hydrogen-bond donors (Lipinski definition) is 2. The van der Waals surface area contributed by atoms with E-state index < -0.39 is 24.0 Å². The van der Waals surface area contributed by atoms with Gasteiger partial charge in [-0.2, -0.15) is 8.78 Å². The number of hydrogen-bond acceptors (Lipinski definition) is 7. The zero-order valence-electron chi connectivity index (χ0n) is 16.3. The van der Waals surface area contributed by atoms with Gasteiger partial charge in [-0.25, -0.2) is 15.0 Å². The van der Waals surface area contributed by atoms with Crippen molar-refractivity contribution in [3.8, 4) is 5.88 Å². The van der Waals surface area contributed by atoms with E-state index in [2.05, 4.69) is 25.0 Å². The minimum absolute atomic E-state index is 0.243. The van der Waals surface area contributed by atoms with Gasteiger partial charge in [0.2, 0.25) is 5.88 Å². The molecular formula is C19H18B2F2N4O3. The molecule has 1 aliphatic rings. The molecule has 3 heterocycles. The van der Waals surface area contributed by atoms with E-state index in [9.17, 15) is 13.9 Å². The number of aromatic nitrogens is 3. The third-order valence-corrected chi connectivity index (χ3v) is 4.50. The summed E-state index contributed by atoms with van der Waals surface area (Å²) in [5, 5.41) is 11.3. The molecule has 2 unspecified atom stereocenters. The summed E-state index contributed by atoms with van der Waals surface area (Å²) in [5.74, 6) is 0.441. The Bertz CT molecular complexity index is 953. The fraction of sp³-hybridized carbons (Fsp3) is 0.316. The lowest BCUT2D eigenvalue weighted by atomic mass is 9.47. The van der Waals surface area contributed by atoms with Gasteiger partial charge in [-0.1, -0.05) is 6.08 Å². The van der Waals surface area contributed by atoms with Crippen LogP contribution in [0.3, 0.4) is 0 Å². The lowest BCUT2D eigenvalue weighted by molar-refractivity contribution is -0.0528. The van der Waals surface area contributed by atoms with E-state index in [0.717, 1.165) is 0 Å². The second-order valence-electron chi connectivity index (χ2n) is 6.62. The van der Waals surface area contributed by atoms with Crippen molar-refractivity contribution in [2.45, 2.75) is 30.9 Å². The quantitative estimate of drug-likeness (QED) is 0.670. The summed E-state index contributed by atoms with van der Waals surface area (Å²) < 4.78 is 34.8. The number of nitrogens with one attached hydrogen (secondary N) is 1. The van der Waals surface area contributed by atoms with Crippen LogP contribution >= 0.6 is 0 Å². The number of nitrogens with zero attached hydrogens (tertiary/aromatic N) is 3. The van der Waals surface area contributed by atoms with Crippen LogP contribution in [0.5, 0.6) is 5.88 Å². The Balaban J connectivity index is 1.90. The molecule has 0 amide bonds. The van der Waals surface area contributed by atoms with Crippen LogP contribution in [0.15, 0.2) is 48.6 Å². The Morgan fingerprint density at radius 3 is 2.53 bits per heavy atom. The number of pyridine rings is 1. The molecule has 3 rings (SSSR count). The second kappa shape index (κ2) is 8.83. The molecule has 7 nitrogen and oxygen atoms in total. The van der Waals surface area contributed by atoms with Crippen molar-refractivity contribution in [2.75, 3.05) is 7.11 Å². The van der Waals surface area contributed by atoms with Gasteiger partial charge in [0.05, 0.1) is 28.5 Å². The monoisotopic (exact) mass is 410 g/mol. The molecule has 30 heavy (non-hydrogen) atoms. The topological polar surface area (TPSA) is 89.4 Å². The molecule has 0 bridgehead atoms. The van der Waals surface area contributed by atoms with Crippen LogP contribution in [-0.4, -0.2) is 55.5 Å². The smallest absolute Gasteiger partial charge is 0.388 e. The van der Waals surface area contributed by atoms with Crippen molar-refractivity contribution in [3.63, 3.8) is 0 Å². The fourth-order valence-electron chi connectivity index (χ4n) is 2.89. The number of methoxy groups -OCH3 is 1. The molecule has 152 valence electrons. The summed E-state index contributed by atoms with van der Waals surface area (Å²) in [5.41, 5.74) is 1.38. The Morgan fingerprint density at radius 2 is 1.93 bits per heavy atom.